The molecular formula is C18H13BrN2O2. The number of rotatable bonds is 1. The van der Waals surface area contributed by atoms with Gasteiger partial charge in [-0.25, -0.2) is 0 Å². The topological polar surface area (TPSA) is 45.8 Å². The number of furan rings is 1. The highest BCUT2D eigenvalue weighted by Crippen LogP contribution is 2.36. The number of hydrogen-bond acceptors (Lipinski definition) is 3. The van der Waals surface area contributed by atoms with Crippen LogP contribution in [0.1, 0.15) is 11.3 Å². The zero-order chi connectivity index (χ0) is 16.0. The van der Waals surface area contributed by atoms with Crippen molar-refractivity contribution in [3.63, 3.8) is 0 Å². The highest BCUT2D eigenvalue weighted by molar-refractivity contribution is 9.10. The summed E-state index contributed by atoms with van der Waals surface area (Å²) in [7, 11) is 1.77. The van der Waals surface area contributed by atoms with Gasteiger partial charge < -0.3 is 9.32 Å². The average Bonchev–Trinajstić information content (AvgIpc) is 2.88. The zero-order valence-electron chi connectivity index (χ0n) is 12.4. The van der Waals surface area contributed by atoms with Crippen LogP contribution >= 0.6 is 15.9 Å². The Labute approximate surface area is 141 Å². The Morgan fingerprint density at radius 2 is 2.00 bits per heavy atom. The van der Waals surface area contributed by atoms with Gasteiger partial charge in [0.1, 0.15) is 17.8 Å². The van der Waals surface area contributed by atoms with Crippen LogP contribution < -0.4 is 4.90 Å². The van der Waals surface area contributed by atoms with E-state index in [4.69, 9.17) is 4.42 Å². The van der Waals surface area contributed by atoms with Gasteiger partial charge in [0, 0.05) is 22.5 Å². The predicted molar refractivity (Wildman–Crippen MR) is 94.3 cm³/mol. The molecule has 4 rings (SSSR count). The number of carbonyl (C=O) groups is 1. The lowest BCUT2D eigenvalue weighted by Gasteiger charge is -2.14. The largest absolute Gasteiger partial charge is 0.452 e. The molecule has 1 amide bonds. The minimum absolute atomic E-state index is 0.0530. The molecule has 114 valence electrons. The van der Waals surface area contributed by atoms with Gasteiger partial charge in [-0.1, -0.05) is 40.2 Å². The highest BCUT2D eigenvalue weighted by atomic mass is 79.9. The van der Waals surface area contributed by atoms with E-state index in [2.05, 4.69) is 20.9 Å². The van der Waals surface area contributed by atoms with Gasteiger partial charge in [0.05, 0.1) is 5.69 Å². The van der Waals surface area contributed by atoms with Crippen LogP contribution in [0, 0.1) is 0 Å². The monoisotopic (exact) mass is 368 g/mol. The van der Waals surface area contributed by atoms with E-state index in [0.717, 1.165) is 26.7 Å². The second-order valence-corrected chi connectivity index (χ2v) is 6.32. The van der Waals surface area contributed by atoms with Gasteiger partial charge in [-0.05, 0) is 24.3 Å². The fourth-order valence-corrected chi connectivity index (χ4v) is 3.23. The summed E-state index contributed by atoms with van der Waals surface area (Å²) in [6, 6.07) is 15.6. The molecule has 0 bridgehead atoms. The maximum Gasteiger partial charge on any atom is 0.248 e. The smallest absolute Gasteiger partial charge is 0.248 e. The minimum atomic E-state index is -0.0530. The number of carbonyl (C=O) groups excluding carboxylic acids is 1. The third-order valence-corrected chi connectivity index (χ3v) is 4.46. The fraction of sp³-hybridized carbons (Fsp3) is 0.111. The molecule has 4 nitrogen and oxygen atoms in total. The standard InChI is InChI=1S/C18H13BrN2O2/c1-21-15(22)10-20-16(11-5-4-6-12(19)9-11)18-17(21)13-7-2-3-8-14(13)23-18/h2-9H,10H2,1H3. The summed E-state index contributed by atoms with van der Waals surface area (Å²) in [5, 5.41) is 0.919. The van der Waals surface area contributed by atoms with E-state index in [1.54, 1.807) is 11.9 Å². The van der Waals surface area contributed by atoms with Crippen molar-refractivity contribution in [3.05, 3.63) is 64.3 Å². The van der Waals surface area contributed by atoms with Crippen LogP contribution in [-0.2, 0) is 4.79 Å². The van der Waals surface area contributed by atoms with Crippen LogP contribution in [0.25, 0.3) is 11.0 Å². The first-order valence-electron chi connectivity index (χ1n) is 7.24. The van der Waals surface area contributed by atoms with Crippen molar-refractivity contribution >= 4 is 44.2 Å². The van der Waals surface area contributed by atoms with Crippen molar-refractivity contribution in [3.8, 4) is 0 Å². The lowest BCUT2D eigenvalue weighted by Crippen LogP contribution is -2.27. The quantitative estimate of drug-likeness (QED) is 0.651. The molecule has 0 N–H and O–H groups in total. The molecule has 2 aromatic carbocycles. The summed E-state index contributed by atoms with van der Waals surface area (Å²) in [6.07, 6.45) is 0. The molecule has 0 spiro atoms. The van der Waals surface area contributed by atoms with Gasteiger partial charge in [0.15, 0.2) is 5.76 Å². The summed E-state index contributed by atoms with van der Waals surface area (Å²) < 4.78 is 7.01. The van der Waals surface area contributed by atoms with E-state index < -0.39 is 0 Å². The number of aliphatic imine (C=N–C) groups is 1. The van der Waals surface area contributed by atoms with Crippen LogP contribution in [0.2, 0.25) is 0 Å². The second-order valence-electron chi connectivity index (χ2n) is 5.40. The molecular weight excluding hydrogens is 356 g/mol. The van der Waals surface area contributed by atoms with E-state index in [0.29, 0.717) is 11.5 Å². The summed E-state index contributed by atoms with van der Waals surface area (Å²) in [5.74, 6) is 0.584. The van der Waals surface area contributed by atoms with Gasteiger partial charge in [0.2, 0.25) is 5.91 Å². The fourth-order valence-electron chi connectivity index (χ4n) is 2.83. The first kappa shape index (κ1) is 14.2. The SMILES string of the molecule is CN1C(=O)CN=C(c2cccc(Br)c2)c2oc3ccccc3c21. The predicted octanol–water partition coefficient (Wildman–Crippen LogP) is 4.01. The van der Waals surface area contributed by atoms with Gasteiger partial charge in [0.25, 0.3) is 0 Å². The molecule has 0 aliphatic carbocycles. The Hall–Kier alpha value is -2.40. The van der Waals surface area contributed by atoms with Gasteiger partial charge in [-0.2, -0.15) is 0 Å². The third kappa shape index (κ3) is 2.28. The molecule has 2 heterocycles. The summed E-state index contributed by atoms with van der Waals surface area (Å²) in [4.78, 5) is 18.5. The Kier molecular flexibility index (Phi) is 3.31. The maximum atomic E-state index is 12.3. The molecule has 0 atom stereocenters. The number of fused-ring (bicyclic) bond motifs is 3. The second kappa shape index (κ2) is 5.35. The normalized spacial score (nSPS) is 14.6. The maximum absolute atomic E-state index is 12.3. The van der Waals surface area contributed by atoms with Crippen LogP contribution in [-0.4, -0.2) is 25.2 Å². The van der Waals surface area contributed by atoms with Crippen LogP contribution in [0.5, 0.6) is 0 Å². The van der Waals surface area contributed by atoms with Crippen LogP contribution in [0.4, 0.5) is 5.69 Å². The molecule has 0 saturated carbocycles. The number of likely N-dealkylation sites (N-methyl/N-ethyl adjacent to an activating group) is 1. The first-order valence-corrected chi connectivity index (χ1v) is 8.03. The van der Waals surface area contributed by atoms with Gasteiger partial charge in [-0.3, -0.25) is 9.79 Å². The number of amides is 1. The lowest BCUT2D eigenvalue weighted by molar-refractivity contribution is -0.116. The van der Waals surface area contributed by atoms with Crippen molar-refractivity contribution in [2.24, 2.45) is 4.99 Å². The number of anilines is 1. The molecule has 23 heavy (non-hydrogen) atoms. The van der Waals surface area contributed by atoms with Gasteiger partial charge >= 0.3 is 0 Å². The first-order chi connectivity index (χ1) is 11.1. The average molecular weight is 369 g/mol. The number of para-hydroxylation sites is 1. The Morgan fingerprint density at radius 3 is 2.83 bits per heavy atom. The minimum Gasteiger partial charge on any atom is -0.452 e. The lowest BCUT2D eigenvalue weighted by atomic mass is 10.1. The Morgan fingerprint density at radius 1 is 1.17 bits per heavy atom. The van der Waals surface area contributed by atoms with E-state index in [-0.39, 0.29) is 12.5 Å². The Balaban J connectivity index is 2.02. The number of benzene rings is 2. The van der Waals surface area contributed by atoms with Gasteiger partial charge in [-0.15, -0.1) is 0 Å². The van der Waals surface area contributed by atoms with E-state index in [1.165, 1.54) is 0 Å². The van der Waals surface area contributed by atoms with Crippen molar-refractivity contribution in [1.29, 1.82) is 0 Å². The number of nitrogens with zero attached hydrogens (tertiary/aromatic N) is 2. The summed E-state index contributed by atoms with van der Waals surface area (Å²) in [6.45, 7) is 0.108. The summed E-state index contributed by atoms with van der Waals surface area (Å²) in [5.41, 5.74) is 3.15. The van der Waals surface area contributed by atoms with E-state index in [9.17, 15) is 4.79 Å². The third-order valence-electron chi connectivity index (χ3n) is 3.96. The molecule has 1 aromatic heterocycles. The van der Waals surface area contributed by atoms with Crippen molar-refractivity contribution < 1.29 is 9.21 Å². The number of hydrogen-bond donors (Lipinski definition) is 0. The van der Waals surface area contributed by atoms with Crippen LogP contribution in [0.3, 0.4) is 0 Å². The van der Waals surface area contributed by atoms with Crippen molar-refractivity contribution in [2.75, 3.05) is 18.5 Å². The molecule has 1 aliphatic rings. The van der Waals surface area contributed by atoms with Crippen LogP contribution in [0.15, 0.2) is 62.4 Å². The van der Waals surface area contributed by atoms with Crippen molar-refractivity contribution in [1.82, 2.24) is 0 Å². The molecule has 0 fully saturated rings. The van der Waals surface area contributed by atoms with E-state index >= 15 is 0 Å². The Bertz CT molecular complexity index is 959. The molecule has 0 radical (unpaired) electrons. The summed E-state index contributed by atoms with van der Waals surface area (Å²) >= 11 is 3.48. The zero-order valence-corrected chi connectivity index (χ0v) is 14.0. The van der Waals surface area contributed by atoms with Crippen molar-refractivity contribution in [2.45, 2.75) is 0 Å². The number of halogens is 1. The molecule has 0 unspecified atom stereocenters. The highest BCUT2D eigenvalue weighted by Gasteiger charge is 2.28. The van der Waals surface area contributed by atoms with E-state index in [1.807, 2.05) is 48.5 Å². The molecule has 3 aromatic rings. The molecule has 0 saturated heterocycles. The molecule has 1 aliphatic heterocycles. The molecule has 5 heteroatoms.